The molecule has 0 bridgehead atoms. The van der Waals surface area contributed by atoms with Crippen LogP contribution in [0.5, 0.6) is 0 Å². The average molecular weight is 334 g/mol. The van der Waals surface area contributed by atoms with Gasteiger partial charge in [-0.3, -0.25) is 4.57 Å². The summed E-state index contributed by atoms with van der Waals surface area (Å²) in [6.07, 6.45) is 0.626. The van der Waals surface area contributed by atoms with Gasteiger partial charge in [-0.05, 0) is 48.7 Å². The molecule has 2 aromatic carbocycles. The predicted molar refractivity (Wildman–Crippen MR) is 95.6 cm³/mol. The van der Waals surface area contributed by atoms with Gasteiger partial charge in [-0.15, -0.1) is 0 Å². The van der Waals surface area contributed by atoms with Crippen LogP contribution in [0.4, 0.5) is 17.1 Å². The summed E-state index contributed by atoms with van der Waals surface area (Å²) in [7, 11) is -2.23. The zero-order chi connectivity index (χ0) is 17.0. The molecule has 6 heteroatoms. The Labute approximate surface area is 136 Å². The van der Waals surface area contributed by atoms with Crippen molar-refractivity contribution in [1.29, 1.82) is 0 Å². The number of hydrogen-bond acceptors (Lipinski definition) is 3. The van der Waals surface area contributed by atoms with Crippen LogP contribution < -0.4 is 10.6 Å². The van der Waals surface area contributed by atoms with E-state index in [0.29, 0.717) is 5.56 Å². The molecule has 2 rings (SSSR count). The molecule has 0 aliphatic rings. The largest absolute Gasteiger partial charge is 0.388 e. The van der Waals surface area contributed by atoms with Gasteiger partial charge in [-0.25, -0.2) is 0 Å². The molecular formula is C17H23N2O3P. The van der Waals surface area contributed by atoms with Gasteiger partial charge in [0.25, 0.3) is 0 Å². The molecule has 5 nitrogen and oxygen atoms in total. The Balaban J connectivity index is 2.34. The molecular weight excluding hydrogens is 311 g/mol. The van der Waals surface area contributed by atoms with Crippen molar-refractivity contribution in [2.24, 2.45) is 0 Å². The van der Waals surface area contributed by atoms with Crippen molar-refractivity contribution in [2.75, 3.05) is 17.7 Å². The van der Waals surface area contributed by atoms with Crippen molar-refractivity contribution in [3.63, 3.8) is 0 Å². The van der Waals surface area contributed by atoms with Gasteiger partial charge in [-0.2, -0.15) is 0 Å². The maximum atomic E-state index is 11.4. The van der Waals surface area contributed by atoms with Crippen molar-refractivity contribution < 1.29 is 14.4 Å². The Kier molecular flexibility index (Phi) is 5.47. The highest BCUT2D eigenvalue weighted by molar-refractivity contribution is 7.50. The summed E-state index contributed by atoms with van der Waals surface area (Å²) in [6.45, 7) is 3.99. The fourth-order valence-electron chi connectivity index (χ4n) is 2.56. The molecule has 2 aromatic rings. The Hall–Kier alpha value is -1.81. The second kappa shape index (κ2) is 7.18. The summed E-state index contributed by atoms with van der Waals surface area (Å²) in [5, 5.41) is 6.43. The molecule has 0 spiro atoms. The standard InChI is InChI=1S/C17H23N2O3P/c1-4-13-10-15(6-8-16(13)18-3)19-17-7-5-12(2)9-14(17)11-23(20,21)22/h5-10,18-19H,4,11H2,1-3H3,(H2,20,21,22). The summed E-state index contributed by atoms with van der Waals surface area (Å²) >= 11 is 0. The molecule has 0 saturated carbocycles. The molecule has 0 aliphatic heterocycles. The smallest absolute Gasteiger partial charge is 0.329 e. The third kappa shape index (κ3) is 4.83. The van der Waals surface area contributed by atoms with E-state index in [-0.39, 0.29) is 6.16 Å². The van der Waals surface area contributed by atoms with Crippen molar-refractivity contribution >= 4 is 24.7 Å². The molecule has 0 aliphatic carbocycles. The lowest BCUT2D eigenvalue weighted by atomic mass is 10.1. The minimum Gasteiger partial charge on any atom is -0.388 e. The number of anilines is 3. The molecule has 4 N–H and O–H groups in total. The van der Waals surface area contributed by atoms with E-state index in [1.165, 1.54) is 5.56 Å². The molecule has 23 heavy (non-hydrogen) atoms. The Morgan fingerprint density at radius 3 is 2.35 bits per heavy atom. The van der Waals surface area contributed by atoms with Gasteiger partial charge in [0, 0.05) is 24.1 Å². The van der Waals surface area contributed by atoms with E-state index >= 15 is 0 Å². The van der Waals surface area contributed by atoms with Crippen LogP contribution >= 0.6 is 7.60 Å². The molecule has 0 heterocycles. The number of rotatable bonds is 6. The lowest BCUT2D eigenvalue weighted by Gasteiger charge is -2.16. The monoisotopic (exact) mass is 334 g/mol. The van der Waals surface area contributed by atoms with E-state index in [4.69, 9.17) is 0 Å². The van der Waals surface area contributed by atoms with Crippen LogP contribution in [-0.4, -0.2) is 16.8 Å². The maximum Gasteiger partial charge on any atom is 0.329 e. The van der Waals surface area contributed by atoms with Crippen LogP contribution in [-0.2, 0) is 17.1 Å². The minimum absolute atomic E-state index is 0.272. The van der Waals surface area contributed by atoms with Crippen LogP contribution in [0.1, 0.15) is 23.6 Å². The summed E-state index contributed by atoms with van der Waals surface area (Å²) in [6, 6.07) is 11.6. The van der Waals surface area contributed by atoms with E-state index in [1.807, 2.05) is 50.4 Å². The molecule has 0 unspecified atom stereocenters. The fourth-order valence-corrected chi connectivity index (χ4v) is 3.27. The highest BCUT2D eigenvalue weighted by atomic mass is 31.2. The van der Waals surface area contributed by atoms with Gasteiger partial charge in [-0.1, -0.05) is 24.6 Å². The number of hydrogen-bond donors (Lipinski definition) is 4. The van der Waals surface area contributed by atoms with E-state index in [9.17, 15) is 14.4 Å². The summed E-state index contributed by atoms with van der Waals surface area (Å²) in [5.41, 5.74) is 5.47. The first-order valence-corrected chi connectivity index (χ1v) is 9.34. The first kappa shape index (κ1) is 17.5. The minimum atomic E-state index is -4.12. The SMILES string of the molecule is CCc1cc(Nc2ccc(C)cc2CP(=O)(O)O)ccc1NC. The Morgan fingerprint density at radius 1 is 1.04 bits per heavy atom. The lowest BCUT2D eigenvalue weighted by molar-refractivity contribution is 0.372. The third-order valence-electron chi connectivity index (χ3n) is 3.67. The maximum absolute atomic E-state index is 11.4. The topological polar surface area (TPSA) is 81.6 Å². The predicted octanol–water partition coefficient (Wildman–Crippen LogP) is 4.02. The Bertz CT molecular complexity index is 741. The molecule has 124 valence electrons. The third-order valence-corrected chi connectivity index (χ3v) is 4.42. The number of nitrogens with one attached hydrogen (secondary N) is 2. The zero-order valence-corrected chi connectivity index (χ0v) is 14.5. The van der Waals surface area contributed by atoms with E-state index in [0.717, 1.165) is 29.0 Å². The lowest BCUT2D eigenvalue weighted by Crippen LogP contribution is -2.00. The second-order valence-corrected chi connectivity index (χ2v) is 7.23. The van der Waals surface area contributed by atoms with Crippen LogP contribution in [0.3, 0.4) is 0 Å². The zero-order valence-electron chi connectivity index (χ0n) is 13.6. The molecule has 0 amide bonds. The Morgan fingerprint density at radius 2 is 1.74 bits per heavy atom. The molecule has 0 aromatic heterocycles. The summed E-state index contributed by atoms with van der Waals surface area (Å²) in [5.74, 6) is 0. The molecule has 0 radical (unpaired) electrons. The van der Waals surface area contributed by atoms with Gasteiger partial charge in [0.1, 0.15) is 0 Å². The van der Waals surface area contributed by atoms with E-state index in [2.05, 4.69) is 17.6 Å². The molecule has 0 atom stereocenters. The highest BCUT2D eigenvalue weighted by Gasteiger charge is 2.17. The fraction of sp³-hybridized carbons (Fsp3) is 0.294. The van der Waals surface area contributed by atoms with Crippen molar-refractivity contribution in [2.45, 2.75) is 26.4 Å². The van der Waals surface area contributed by atoms with Crippen molar-refractivity contribution in [1.82, 2.24) is 0 Å². The van der Waals surface area contributed by atoms with Gasteiger partial charge >= 0.3 is 7.60 Å². The van der Waals surface area contributed by atoms with Gasteiger partial charge in [0.2, 0.25) is 0 Å². The van der Waals surface area contributed by atoms with Crippen LogP contribution in [0.2, 0.25) is 0 Å². The van der Waals surface area contributed by atoms with Gasteiger partial charge in [0.05, 0.1) is 6.16 Å². The molecule has 0 saturated heterocycles. The summed E-state index contributed by atoms with van der Waals surface area (Å²) in [4.78, 5) is 18.6. The van der Waals surface area contributed by atoms with Gasteiger partial charge < -0.3 is 20.4 Å². The number of benzene rings is 2. The van der Waals surface area contributed by atoms with E-state index < -0.39 is 7.60 Å². The first-order chi connectivity index (χ1) is 10.8. The van der Waals surface area contributed by atoms with Gasteiger partial charge in [0.15, 0.2) is 0 Å². The summed E-state index contributed by atoms with van der Waals surface area (Å²) < 4.78 is 11.4. The van der Waals surface area contributed by atoms with Crippen LogP contribution in [0.25, 0.3) is 0 Å². The van der Waals surface area contributed by atoms with E-state index in [1.54, 1.807) is 0 Å². The normalized spacial score (nSPS) is 11.3. The highest BCUT2D eigenvalue weighted by Crippen LogP contribution is 2.41. The van der Waals surface area contributed by atoms with Crippen molar-refractivity contribution in [3.05, 3.63) is 53.1 Å². The number of aryl methyl sites for hydroxylation is 2. The first-order valence-electron chi connectivity index (χ1n) is 7.54. The molecule has 0 fully saturated rings. The average Bonchev–Trinajstić information content (AvgIpc) is 2.48. The van der Waals surface area contributed by atoms with Crippen molar-refractivity contribution in [3.8, 4) is 0 Å². The van der Waals surface area contributed by atoms with Crippen LogP contribution in [0.15, 0.2) is 36.4 Å². The van der Waals surface area contributed by atoms with Crippen LogP contribution in [0, 0.1) is 6.92 Å². The second-order valence-electron chi connectivity index (χ2n) is 5.58. The quantitative estimate of drug-likeness (QED) is 0.600.